The number of aromatic nitrogens is 2. The third kappa shape index (κ3) is 5.21. The van der Waals surface area contributed by atoms with Gasteiger partial charge < -0.3 is 15.0 Å². The average molecular weight is 382 g/mol. The number of carbonyl (C=O) groups excluding carboxylic acids is 1. The predicted molar refractivity (Wildman–Crippen MR) is 109 cm³/mol. The molecule has 2 aromatic carbocycles. The second-order valence-corrected chi connectivity index (χ2v) is 7.42. The maximum atomic E-state index is 12.3. The molecule has 0 aliphatic rings. The molecule has 0 radical (unpaired) electrons. The van der Waals surface area contributed by atoms with Gasteiger partial charge in [0.15, 0.2) is 5.16 Å². The molecule has 27 heavy (non-hydrogen) atoms. The zero-order valence-electron chi connectivity index (χ0n) is 15.5. The van der Waals surface area contributed by atoms with Crippen molar-refractivity contribution in [1.82, 2.24) is 9.55 Å². The van der Waals surface area contributed by atoms with Crippen molar-refractivity contribution in [3.8, 4) is 0 Å². The van der Waals surface area contributed by atoms with Gasteiger partial charge in [0, 0.05) is 12.2 Å². The first-order valence-electron chi connectivity index (χ1n) is 8.75. The molecule has 0 fully saturated rings. The van der Waals surface area contributed by atoms with E-state index in [9.17, 15) is 9.90 Å². The Kier molecular flexibility index (Phi) is 6.32. The van der Waals surface area contributed by atoms with Crippen LogP contribution in [0, 0.1) is 13.8 Å². The van der Waals surface area contributed by atoms with Crippen molar-refractivity contribution in [2.45, 2.75) is 32.2 Å². The van der Waals surface area contributed by atoms with E-state index < -0.39 is 0 Å². The number of carbonyl (C=O) groups is 1. The number of anilines is 1. The van der Waals surface area contributed by atoms with Crippen LogP contribution in [0.2, 0.25) is 0 Å². The Balaban J connectivity index is 1.67. The Hall–Kier alpha value is -2.57. The van der Waals surface area contributed by atoms with Crippen LogP contribution in [0.3, 0.4) is 0 Å². The Morgan fingerprint density at radius 2 is 1.85 bits per heavy atom. The standard InChI is InChI=1S/C21H23N3O2S/c1-15-8-16(2)10-18(9-15)23-20(26)14-27-21-22-11-19(13-25)24(21)12-17-6-4-3-5-7-17/h3-11,25H,12-14H2,1-2H3,(H,23,26). The third-order valence-electron chi connectivity index (χ3n) is 4.08. The Morgan fingerprint density at radius 3 is 2.52 bits per heavy atom. The molecule has 0 bridgehead atoms. The van der Waals surface area contributed by atoms with Crippen LogP contribution >= 0.6 is 11.8 Å². The van der Waals surface area contributed by atoms with Crippen molar-refractivity contribution in [2.75, 3.05) is 11.1 Å². The number of aliphatic hydroxyl groups excluding tert-OH is 1. The highest BCUT2D eigenvalue weighted by atomic mass is 32.2. The number of thioether (sulfide) groups is 1. The average Bonchev–Trinajstić information content (AvgIpc) is 3.01. The molecule has 1 amide bonds. The summed E-state index contributed by atoms with van der Waals surface area (Å²) in [5.41, 5.74) is 4.89. The fourth-order valence-corrected chi connectivity index (χ4v) is 3.74. The molecule has 0 spiro atoms. The van der Waals surface area contributed by atoms with Crippen LogP contribution in [-0.4, -0.2) is 26.3 Å². The van der Waals surface area contributed by atoms with Gasteiger partial charge in [0.25, 0.3) is 0 Å². The molecule has 0 aliphatic heterocycles. The minimum Gasteiger partial charge on any atom is -0.390 e. The van der Waals surface area contributed by atoms with Crippen molar-refractivity contribution in [2.24, 2.45) is 0 Å². The predicted octanol–water partition coefficient (Wildman–Crippen LogP) is 3.77. The largest absolute Gasteiger partial charge is 0.390 e. The van der Waals surface area contributed by atoms with Gasteiger partial charge in [-0.15, -0.1) is 0 Å². The molecule has 0 unspecified atom stereocenters. The lowest BCUT2D eigenvalue weighted by atomic mass is 10.1. The quantitative estimate of drug-likeness (QED) is 0.612. The summed E-state index contributed by atoms with van der Waals surface area (Å²) in [6, 6.07) is 16.0. The minimum absolute atomic E-state index is 0.0789. The minimum atomic E-state index is -0.0881. The van der Waals surface area contributed by atoms with Gasteiger partial charge in [-0.05, 0) is 42.7 Å². The number of imidazole rings is 1. The summed E-state index contributed by atoms with van der Waals surface area (Å²) in [5, 5.41) is 13.2. The number of nitrogens with zero attached hydrogens (tertiary/aromatic N) is 2. The molecule has 3 aromatic rings. The lowest BCUT2D eigenvalue weighted by Crippen LogP contribution is -2.15. The van der Waals surface area contributed by atoms with E-state index in [2.05, 4.69) is 16.4 Å². The molecule has 6 heteroatoms. The van der Waals surface area contributed by atoms with E-state index in [-0.39, 0.29) is 18.3 Å². The second kappa shape index (κ2) is 8.88. The van der Waals surface area contributed by atoms with Crippen molar-refractivity contribution in [3.05, 3.63) is 77.1 Å². The van der Waals surface area contributed by atoms with E-state index in [1.165, 1.54) is 11.8 Å². The maximum Gasteiger partial charge on any atom is 0.234 e. The van der Waals surface area contributed by atoms with Gasteiger partial charge in [0.2, 0.25) is 5.91 Å². The van der Waals surface area contributed by atoms with Crippen LogP contribution in [0.25, 0.3) is 0 Å². The molecule has 1 aromatic heterocycles. The summed E-state index contributed by atoms with van der Waals surface area (Å²) in [4.78, 5) is 16.7. The fraction of sp³-hybridized carbons (Fsp3) is 0.238. The molecule has 3 rings (SSSR count). The normalized spacial score (nSPS) is 10.8. The first-order valence-corrected chi connectivity index (χ1v) is 9.74. The SMILES string of the molecule is Cc1cc(C)cc(NC(=O)CSc2ncc(CO)n2Cc2ccccc2)c1. The highest BCUT2D eigenvalue weighted by molar-refractivity contribution is 7.99. The molecular formula is C21H23N3O2S. The summed E-state index contributed by atoms with van der Waals surface area (Å²) in [6.07, 6.45) is 1.66. The van der Waals surface area contributed by atoms with Gasteiger partial charge in [-0.3, -0.25) is 4.79 Å². The van der Waals surface area contributed by atoms with E-state index in [0.717, 1.165) is 33.2 Å². The van der Waals surface area contributed by atoms with Gasteiger partial charge in [-0.25, -0.2) is 4.98 Å². The van der Waals surface area contributed by atoms with Crippen molar-refractivity contribution >= 4 is 23.4 Å². The summed E-state index contributed by atoms with van der Waals surface area (Å²) >= 11 is 1.37. The van der Waals surface area contributed by atoms with Gasteiger partial charge in [0.05, 0.1) is 24.3 Å². The lowest BCUT2D eigenvalue weighted by Gasteiger charge is -2.11. The molecule has 5 nitrogen and oxygen atoms in total. The number of hydrogen-bond acceptors (Lipinski definition) is 4. The number of aliphatic hydroxyl groups is 1. The van der Waals surface area contributed by atoms with Crippen molar-refractivity contribution in [1.29, 1.82) is 0 Å². The summed E-state index contributed by atoms with van der Waals surface area (Å²) in [5.74, 6) is 0.175. The van der Waals surface area contributed by atoms with Crippen LogP contribution in [0.1, 0.15) is 22.4 Å². The monoisotopic (exact) mass is 381 g/mol. The van der Waals surface area contributed by atoms with Crippen molar-refractivity contribution < 1.29 is 9.90 Å². The van der Waals surface area contributed by atoms with E-state index in [1.807, 2.05) is 60.9 Å². The molecule has 0 saturated carbocycles. The fourth-order valence-electron chi connectivity index (χ4n) is 2.94. The number of amides is 1. The number of hydrogen-bond donors (Lipinski definition) is 2. The van der Waals surface area contributed by atoms with Crippen LogP contribution in [0.5, 0.6) is 0 Å². The van der Waals surface area contributed by atoms with Crippen molar-refractivity contribution in [3.63, 3.8) is 0 Å². The first kappa shape index (κ1) is 19.2. The van der Waals surface area contributed by atoms with E-state index in [1.54, 1.807) is 6.20 Å². The van der Waals surface area contributed by atoms with Gasteiger partial charge in [0.1, 0.15) is 0 Å². The number of nitrogens with one attached hydrogen (secondary N) is 1. The number of benzene rings is 2. The van der Waals surface area contributed by atoms with Gasteiger partial charge in [-0.1, -0.05) is 48.2 Å². The van der Waals surface area contributed by atoms with Crippen LogP contribution in [-0.2, 0) is 17.9 Å². The summed E-state index contributed by atoms with van der Waals surface area (Å²) < 4.78 is 1.95. The summed E-state index contributed by atoms with van der Waals surface area (Å²) in [6.45, 7) is 4.54. The molecule has 0 saturated heterocycles. The van der Waals surface area contributed by atoms with Crippen LogP contribution in [0.4, 0.5) is 5.69 Å². The molecule has 0 aliphatic carbocycles. The topological polar surface area (TPSA) is 67.2 Å². The van der Waals surface area contributed by atoms with Crippen LogP contribution < -0.4 is 5.32 Å². The highest BCUT2D eigenvalue weighted by Crippen LogP contribution is 2.21. The van der Waals surface area contributed by atoms with E-state index >= 15 is 0 Å². The Labute approximate surface area is 163 Å². The zero-order chi connectivity index (χ0) is 19.2. The number of rotatable bonds is 7. The Bertz CT molecular complexity index is 902. The smallest absolute Gasteiger partial charge is 0.234 e. The molecule has 0 atom stereocenters. The lowest BCUT2D eigenvalue weighted by molar-refractivity contribution is -0.113. The van der Waals surface area contributed by atoms with Crippen LogP contribution in [0.15, 0.2) is 59.9 Å². The summed E-state index contributed by atoms with van der Waals surface area (Å²) in [7, 11) is 0. The van der Waals surface area contributed by atoms with Gasteiger partial charge >= 0.3 is 0 Å². The zero-order valence-corrected chi connectivity index (χ0v) is 16.3. The molecule has 140 valence electrons. The van der Waals surface area contributed by atoms with E-state index in [0.29, 0.717) is 6.54 Å². The maximum absolute atomic E-state index is 12.3. The third-order valence-corrected chi connectivity index (χ3v) is 5.08. The highest BCUT2D eigenvalue weighted by Gasteiger charge is 2.13. The second-order valence-electron chi connectivity index (χ2n) is 6.48. The molecular weight excluding hydrogens is 358 g/mol. The van der Waals surface area contributed by atoms with E-state index in [4.69, 9.17) is 0 Å². The van der Waals surface area contributed by atoms with Gasteiger partial charge in [-0.2, -0.15) is 0 Å². The molecule has 2 N–H and O–H groups in total. The first-order chi connectivity index (χ1) is 13.0. The number of aryl methyl sites for hydroxylation is 2. The molecule has 1 heterocycles. The Morgan fingerprint density at radius 1 is 1.15 bits per heavy atom.